The number of nitrogens with zero attached hydrogens (tertiary/aromatic N) is 2. The van der Waals surface area contributed by atoms with Crippen molar-refractivity contribution in [3.63, 3.8) is 0 Å². The van der Waals surface area contributed by atoms with Gasteiger partial charge in [-0.05, 0) is 19.4 Å². The Balaban J connectivity index is 2.20. The molecule has 21 heavy (non-hydrogen) atoms. The van der Waals surface area contributed by atoms with Crippen molar-refractivity contribution in [1.82, 2.24) is 0 Å². The van der Waals surface area contributed by atoms with E-state index in [0.717, 1.165) is 11.1 Å². The largest absolute Gasteiger partial charge is 0.308 e. The maximum absolute atomic E-state index is 9.43. The average molecular weight is 274 g/mol. The van der Waals surface area contributed by atoms with E-state index in [-0.39, 0.29) is 12.0 Å². The van der Waals surface area contributed by atoms with Crippen molar-refractivity contribution in [3.05, 3.63) is 82.2 Å². The minimum absolute atomic E-state index is 0.244. The molecular formula is C19H18N2. The molecule has 2 aromatic carbocycles. The van der Waals surface area contributed by atoms with Gasteiger partial charge in [-0.1, -0.05) is 59.7 Å². The van der Waals surface area contributed by atoms with E-state index in [1.165, 1.54) is 11.1 Å². The summed E-state index contributed by atoms with van der Waals surface area (Å²) in [7, 11) is 0. The molecule has 0 amide bonds. The van der Waals surface area contributed by atoms with Gasteiger partial charge < -0.3 is 4.85 Å². The summed E-state index contributed by atoms with van der Waals surface area (Å²) in [6.07, 6.45) is 0.534. The Hall–Kier alpha value is -2.58. The smallest absolute Gasteiger partial charge is 0.250 e. The fraction of sp³-hybridized carbons (Fsp3) is 0.263. The minimum Gasteiger partial charge on any atom is -0.308 e. The molecule has 0 N–H and O–H groups in total. The van der Waals surface area contributed by atoms with Gasteiger partial charge in [-0.2, -0.15) is 5.26 Å². The van der Waals surface area contributed by atoms with Gasteiger partial charge in [0.2, 0.25) is 6.04 Å². The lowest BCUT2D eigenvalue weighted by Crippen LogP contribution is -2.03. The first kappa shape index (κ1) is 14.8. The van der Waals surface area contributed by atoms with Crippen molar-refractivity contribution in [3.8, 4) is 6.07 Å². The van der Waals surface area contributed by atoms with E-state index < -0.39 is 0 Å². The number of rotatable bonds is 4. The molecule has 0 heterocycles. The summed E-state index contributed by atoms with van der Waals surface area (Å²) in [5, 5.41) is 9.43. The number of nitriles is 1. The second-order valence-corrected chi connectivity index (χ2v) is 5.38. The van der Waals surface area contributed by atoms with E-state index in [0.29, 0.717) is 6.42 Å². The van der Waals surface area contributed by atoms with Gasteiger partial charge in [-0.25, -0.2) is 6.57 Å². The third-order valence-electron chi connectivity index (χ3n) is 3.71. The number of aryl methyl sites for hydroxylation is 2. The molecule has 2 atom stereocenters. The normalized spacial score (nSPS) is 13.0. The summed E-state index contributed by atoms with van der Waals surface area (Å²) in [6.45, 7) is 11.5. The predicted molar refractivity (Wildman–Crippen MR) is 84.7 cm³/mol. The fourth-order valence-corrected chi connectivity index (χ4v) is 2.34. The van der Waals surface area contributed by atoms with Crippen LogP contribution in [0.5, 0.6) is 0 Å². The first-order valence-electron chi connectivity index (χ1n) is 7.03. The molecule has 2 nitrogen and oxygen atoms in total. The second kappa shape index (κ2) is 6.73. The van der Waals surface area contributed by atoms with Crippen LogP contribution in [0.1, 0.15) is 40.6 Å². The maximum Gasteiger partial charge on any atom is 0.250 e. The van der Waals surface area contributed by atoms with Crippen LogP contribution in [0.2, 0.25) is 0 Å². The van der Waals surface area contributed by atoms with Crippen molar-refractivity contribution in [1.29, 1.82) is 5.26 Å². The van der Waals surface area contributed by atoms with Crippen molar-refractivity contribution >= 4 is 0 Å². The van der Waals surface area contributed by atoms with Gasteiger partial charge in [0.25, 0.3) is 0 Å². The van der Waals surface area contributed by atoms with Gasteiger partial charge in [0, 0.05) is 12.0 Å². The summed E-state index contributed by atoms with van der Waals surface area (Å²) >= 11 is 0. The zero-order valence-corrected chi connectivity index (χ0v) is 12.4. The lowest BCUT2D eigenvalue weighted by molar-refractivity contribution is 0.678. The summed E-state index contributed by atoms with van der Waals surface area (Å²) < 4.78 is 0. The summed E-state index contributed by atoms with van der Waals surface area (Å²) in [6, 6.07) is 18.1. The van der Waals surface area contributed by atoms with Crippen LogP contribution in [-0.2, 0) is 0 Å². The van der Waals surface area contributed by atoms with Crippen molar-refractivity contribution in [2.24, 2.45) is 0 Å². The topological polar surface area (TPSA) is 28.1 Å². The minimum atomic E-state index is -0.267. The van der Waals surface area contributed by atoms with E-state index >= 15 is 0 Å². The van der Waals surface area contributed by atoms with Gasteiger partial charge in [0.1, 0.15) is 0 Å². The first-order chi connectivity index (χ1) is 10.1. The third kappa shape index (κ3) is 3.71. The van der Waals surface area contributed by atoms with E-state index in [1.807, 2.05) is 62.4 Å². The van der Waals surface area contributed by atoms with Crippen LogP contribution in [0.4, 0.5) is 0 Å². The SMILES string of the molecule is [C-]#[N+]C(CC(C#N)c1ccc(C)cc1)c1ccc(C)cc1. The maximum atomic E-state index is 9.43. The molecule has 2 rings (SSSR count). The molecule has 0 aliphatic rings. The zero-order valence-electron chi connectivity index (χ0n) is 12.4. The number of hydrogen-bond donors (Lipinski definition) is 0. The molecule has 0 fully saturated rings. The van der Waals surface area contributed by atoms with Gasteiger partial charge in [-0.3, -0.25) is 0 Å². The molecule has 0 radical (unpaired) electrons. The van der Waals surface area contributed by atoms with Crippen molar-refractivity contribution in [2.45, 2.75) is 32.2 Å². The average Bonchev–Trinajstić information content (AvgIpc) is 2.51. The second-order valence-electron chi connectivity index (χ2n) is 5.38. The van der Waals surface area contributed by atoms with Crippen LogP contribution in [0.15, 0.2) is 48.5 Å². The standard InChI is InChI=1S/C19H18N2/c1-14-4-8-16(9-5-14)18(13-20)12-19(21-3)17-10-6-15(2)7-11-17/h4-11,18-19H,12H2,1-2H3. The van der Waals surface area contributed by atoms with Gasteiger partial charge >= 0.3 is 0 Å². The van der Waals surface area contributed by atoms with Crippen LogP contribution in [0, 0.1) is 31.8 Å². The quantitative estimate of drug-likeness (QED) is 0.724. The highest BCUT2D eigenvalue weighted by Crippen LogP contribution is 2.31. The third-order valence-corrected chi connectivity index (χ3v) is 3.71. The Morgan fingerprint density at radius 1 is 0.952 bits per heavy atom. The Bertz CT molecular complexity index is 608. The highest BCUT2D eigenvalue weighted by Gasteiger charge is 2.23. The molecule has 0 spiro atoms. The van der Waals surface area contributed by atoms with Crippen LogP contribution in [-0.4, -0.2) is 0 Å². The summed E-state index contributed by atoms with van der Waals surface area (Å²) in [4.78, 5) is 3.72. The van der Waals surface area contributed by atoms with Crippen molar-refractivity contribution in [2.75, 3.05) is 0 Å². The lowest BCUT2D eigenvalue weighted by atomic mass is 9.90. The molecule has 0 saturated heterocycles. The summed E-state index contributed by atoms with van der Waals surface area (Å²) in [5.41, 5.74) is 4.33. The Labute approximate surface area is 126 Å². The van der Waals surface area contributed by atoms with Gasteiger partial charge in [0.15, 0.2) is 0 Å². The molecule has 0 bridgehead atoms. The van der Waals surface area contributed by atoms with Crippen LogP contribution < -0.4 is 0 Å². The molecule has 0 saturated carbocycles. The highest BCUT2D eigenvalue weighted by atomic mass is 14.7. The molecule has 2 aromatic rings. The predicted octanol–water partition coefficient (Wildman–Crippen LogP) is 4.96. The van der Waals surface area contributed by atoms with Crippen LogP contribution >= 0.6 is 0 Å². The Kier molecular flexibility index (Phi) is 4.75. The van der Waals surface area contributed by atoms with Gasteiger partial charge in [-0.15, -0.1) is 0 Å². The molecule has 0 aliphatic heterocycles. The van der Waals surface area contributed by atoms with Crippen LogP contribution in [0.3, 0.4) is 0 Å². The lowest BCUT2D eigenvalue weighted by Gasteiger charge is -2.12. The Morgan fingerprint density at radius 3 is 1.86 bits per heavy atom. The molecular weight excluding hydrogens is 256 g/mol. The van der Waals surface area contributed by atoms with E-state index in [9.17, 15) is 5.26 Å². The van der Waals surface area contributed by atoms with Crippen LogP contribution in [0.25, 0.3) is 4.85 Å². The summed E-state index contributed by atoms with van der Waals surface area (Å²) in [5.74, 6) is -0.244. The van der Waals surface area contributed by atoms with Gasteiger partial charge in [0.05, 0.1) is 12.0 Å². The molecule has 104 valence electrons. The Morgan fingerprint density at radius 2 is 1.43 bits per heavy atom. The molecule has 0 aromatic heterocycles. The molecule has 2 unspecified atom stereocenters. The molecule has 2 heteroatoms. The number of hydrogen-bond acceptors (Lipinski definition) is 1. The monoisotopic (exact) mass is 274 g/mol. The number of benzene rings is 2. The van der Waals surface area contributed by atoms with Crippen molar-refractivity contribution < 1.29 is 0 Å². The van der Waals surface area contributed by atoms with E-state index in [1.54, 1.807) is 0 Å². The fourth-order valence-electron chi connectivity index (χ4n) is 2.34. The molecule has 0 aliphatic carbocycles. The van der Waals surface area contributed by atoms with E-state index in [4.69, 9.17) is 6.57 Å². The highest BCUT2D eigenvalue weighted by molar-refractivity contribution is 5.31. The first-order valence-corrected chi connectivity index (χ1v) is 7.03. The zero-order chi connectivity index (χ0) is 15.2. The van der Waals surface area contributed by atoms with E-state index in [2.05, 4.69) is 10.9 Å².